The number of fused-ring (bicyclic) bond motifs is 3. The third-order valence-electron chi connectivity index (χ3n) is 5.69. The number of hydrogen-bond acceptors (Lipinski definition) is 6. The molecule has 152 valence electrons. The van der Waals surface area contributed by atoms with Gasteiger partial charge >= 0.3 is 5.97 Å². The summed E-state index contributed by atoms with van der Waals surface area (Å²) in [7, 11) is 0. The van der Waals surface area contributed by atoms with E-state index >= 15 is 0 Å². The fourth-order valence-corrected chi connectivity index (χ4v) is 4.67. The van der Waals surface area contributed by atoms with Crippen LogP contribution in [0.4, 0.5) is 5.69 Å². The summed E-state index contributed by atoms with van der Waals surface area (Å²) in [6.45, 7) is 4.22. The number of benzene rings is 1. The summed E-state index contributed by atoms with van der Waals surface area (Å²) in [6, 6.07) is 7.25. The SMILES string of the molecule is CCCN1C(=O)C2(C(C(=O)OCC)=C(N)OC3=C2C(=O)CCC3)c2ccccc21. The standard InChI is InChI=1S/C22H24N2O5/c1-3-12-24-14-9-6-5-8-13(14)22(21(24)27)17-15(25)10-7-11-16(17)29-19(23)18(22)20(26)28-4-2/h5-6,8-9H,3-4,7,10-12,23H2,1-2H3. The van der Waals surface area contributed by atoms with Crippen LogP contribution in [0.3, 0.4) is 0 Å². The van der Waals surface area contributed by atoms with Crippen molar-refractivity contribution in [3.8, 4) is 0 Å². The maximum Gasteiger partial charge on any atom is 0.341 e. The maximum atomic E-state index is 14.0. The molecule has 1 aromatic carbocycles. The Morgan fingerprint density at radius 1 is 1.24 bits per heavy atom. The molecule has 0 aromatic heterocycles. The van der Waals surface area contributed by atoms with Crippen LogP contribution in [-0.2, 0) is 29.3 Å². The van der Waals surface area contributed by atoms with Crippen LogP contribution in [0.25, 0.3) is 0 Å². The Bertz CT molecular complexity index is 977. The summed E-state index contributed by atoms with van der Waals surface area (Å²) in [5, 5.41) is 0. The molecule has 0 saturated carbocycles. The summed E-state index contributed by atoms with van der Waals surface area (Å²) in [6.07, 6.45) is 2.12. The van der Waals surface area contributed by atoms with E-state index in [-0.39, 0.29) is 35.3 Å². The smallest absolute Gasteiger partial charge is 0.341 e. The topological polar surface area (TPSA) is 98.9 Å². The lowest BCUT2D eigenvalue weighted by atomic mass is 9.64. The van der Waals surface area contributed by atoms with E-state index < -0.39 is 11.4 Å². The van der Waals surface area contributed by atoms with Crippen molar-refractivity contribution in [1.29, 1.82) is 0 Å². The summed E-state index contributed by atoms with van der Waals surface area (Å²) >= 11 is 0. The average molecular weight is 396 g/mol. The number of esters is 1. The van der Waals surface area contributed by atoms with Gasteiger partial charge in [-0.15, -0.1) is 0 Å². The van der Waals surface area contributed by atoms with Crippen LogP contribution in [0.5, 0.6) is 0 Å². The number of amides is 1. The predicted octanol–water partition coefficient (Wildman–Crippen LogP) is 2.45. The van der Waals surface area contributed by atoms with Crippen LogP contribution in [-0.4, -0.2) is 30.8 Å². The minimum Gasteiger partial charge on any atom is -0.462 e. The van der Waals surface area contributed by atoms with Gasteiger partial charge in [-0.05, 0) is 25.8 Å². The highest BCUT2D eigenvalue weighted by molar-refractivity contribution is 6.23. The third-order valence-corrected chi connectivity index (χ3v) is 5.69. The van der Waals surface area contributed by atoms with E-state index in [1.54, 1.807) is 24.0 Å². The fraction of sp³-hybridized carbons (Fsp3) is 0.409. The lowest BCUT2D eigenvalue weighted by molar-refractivity contribution is -0.141. The molecular formula is C22H24N2O5. The van der Waals surface area contributed by atoms with Gasteiger partial charge in [-0.2, -0.15) is 0 Å². The predicted molar refractivity (Wildman–Crippen MR) is 106 cm³/mol. The highest BCUT2D eigenvalue weighted by Crippen LogP contribution is 2.56. The van der Waals surface area contributed by atoms with E-state index in [4.69, 9.17) is 15.2 Å². The minimum atomic E-state index is -1.62. The van der Waals surface area contributed by atoms with Crippen molar-refractivity contribution in [3.05, 3.63) is 52.6 Å². The number of nitrogens with two attached hydrogens (primary N) is 1. The maximum absolute atomic E-state index is 14.0. The number of Topliss-reactive ketones (excluding diaryl/α,β-unsaturated/α-hetero) is 1. The summed E-state index contributed by atoms with van der Waals surface area (Å²) in [4.78, 5) is 41.8. The quantitative estimate of drug-likeness (QED) is 0.785. The molecule has 1 unspecified atom stereocenters. The first-order chi connectivity index (χ1) is 14.0. The Kier molecular flexibility index (Phi) is 4.68. The number of ether oxygens (including phenoxy) is 2. The average Bonchev–Trinajstić information content (AvgIpc) is 2.92. The number of ketones is 1. The van der Waals surface area contributed by atoms with Gasteiger partial charge in [0, 0.05) is 30.6 Å². The Hall–Kier alpha value is -3.09. The zero-order valence-corrected chi connectivity index (χ0v) is 16.6. The number of rotatable bonds is 4. The van der Waals surface area contributed by atoms with Gasteiger partial charge in [-0.3, -0.25) is 9.59 Å². The van der Waals surface area contributed by atoms with Crippen molar-refractivity contribution in [3.63, 3.8) is 0 Å². The van der Waals surface area contributed by atoms with E-state index in [9.17, 15) is 14.4 Å². The van der Waals surface area contributed by atoms with E-state index in [2.05, 4.69) is 0 Å². The molecule has 1 aliphatic carbocycles. The van der Waals surface area contributed by atoms with Crippen LogP contribution in [0, 0.1) is 0 Å². The Morgan fingerprint density at radius 2 is 2.00 bits per heavy atom. The molecule has 2 N–H and O–H groups in total. The highest BCUT2D eigenvalue weighted by Gasteiger charge is 2.63. The minimum absolute atomic E-state index is 0.0931. The van der Waals surface area contributed by atoms with Crippen molar-refractivity contribution in [2.75, 3.05) is 18.1 Å². The molecule has 2 aliphatic heterocycles. The summed E-state index contributed by atoms with van der Waals surface area (Å²) in [5.41, 5.74) is 5.98. The van der Waals surface area contributed by atoms with Crippen LogP contribution in [0.2, 0.25) is 0 Å². The molecule has 1 aromatic rings. The molecule has 0 saturated heterocycles. The van der Waals surface area contributed by atoms with Gasteiger partial charge < -0.3 is 20.1 Å². The van der Waals surface area contributed by atoms with Crippen molar-refractivity contribution >= 4 is 23.3 Å². The normalized spacial score (nSPS) is 23.3. The molecule has 4 rings (SSSR count). The summed E-state index contributed by atoms with van der Waals surface area (Å²) in [5.74, 6) is -1.07. The molecular weight excluding hydrogens is 372 g/mol. The molecule has 1 atom stereocenters. The molecule has 7 heteroatoms. The first-order valence-electron chi connectivity index (χ1n) is 10.0. The zero-order valence-electron chi connectivity index (χ0n) is 16.6. The van der Waals surface area contributed by atoms with Gasteiger partial charge in [0.15, 0.2) is 5.78 Å². The lowest BCUT2D eigenvalue weighted by Crippen LogP contribution is -2.51. The fourth-order valence-electron chi connectivity index (χ4n) is 4.67. The second-order valence-electron chi connectivity index (χ2n) is 7.36. The third kappa shape index (κ3) is 2.53. The molecule has 1 amide bonds. The van der Waals surface area contributed by atoms with Gasteiger partial charge in [-0.25, -0.2) is 4.79 Å². The van der Waals surface area contributed by atoms with E-state index in [0.717, 1.165) is 6.42 Å². The zero-order chi connectivity index (χ0) is 20.8. The second kappa shape index (κ2) is 7.06. The molecule has 7 nitrogen and oxygen atoms in total. The molecule has 3 aliphatic rings. The van der Waals surface area contributed by atoms with E-state index in [1.807, 2.05) is 19.1 Å². The highest BCUT2D eigenvalue weighted by atomic mass is 16.5. The van der Waals surface area contributed by atoms with Gasteiger partial charge in [0.25, 0.3) is 0 Å². The number of para-hydroxylation sites is 1. The lowest BCUT2D eigenvalue weighted by Gasteiger charge is -2.38. The van der Waals surface area contributed by atoms with Crippen LogP contribution < -0.4 is 10.6 Å². The summed E-state index contributed by atoms with van der Waals surface area (Å²) < 4.78 is 11.0. The molecule has 0 bridgehead atoms. The monoisotopic (exact) mass is 396 g/mol. The first-order valence-corrected chi connectivity index (χ1v) is 10.0. The molecule has 0 radical (unpaired) electrons. The number of carbonyl (C=O) groups excluding carboxylic acids is 3. The van der Waals surface area contributed by atoms with Crippen molar-refractivity contribution in [1.82, 2.24) is 0 Å². The number of hydrogen-bond donors (Lipinski definition) is 1. The number of allylic oxidation sites excluding steroid dienone is 1. The van der Waals surface area contributed by atoms with Gasteiger partial charge in [-0.1, -0.05) is 25.1 Å². The van der Waals surface area contributed by atoms with Gasteiger partial charge in [0.1, 0.15) is 16.7 Å². The molecule has 1 spiro atoms. The van der Waals surface area contributed by atoms with Crippen LogP contribution in [0.1, 0.15) is 45.1 Å². The number of carbonyl (C=O) groups is 3. The second-order valence-corrected chi connectivity index (χ2v) is 7.36. The van der Waals surface area contributed by atoms with E-state index in [1.165, 1.54) is 0 Å². The van der Waals surface area contributed by atoms with Crippen molar-refractivity contribution in [2.45, 2.75) is 44.9 Å². The molecule has 2 heterocycles. The van der Waals surface area contributed by atoms with Crippen LogP contribution in [0.15, 0.2) is 47.1 Å². The molecule has 29 heavy (non-hydrogen) atoms. The van der Waals surface area contributed by atoms with E-state index in [0.29, 0.717) is 42.8 Å². The Morgan fingerprint density at radius 3 is 2.72 bits per heavy atom. The van der Waals surface area contributed by atoms with Crippen LogP contribution >= 0.6 is 0 Å². The Labute approximate surface area is 169 Å². The molecule has 0 fully saturated rings. The van der Waals surface area contributed by atoms with Crippen molar-refractivity contribution < 1.29 is 23.9 Å². The largest absolute Gasteiger partial charge is 0.462 e. The first kappa shape index (κ1) is 19.2. The van der Waals surface area contributed by atoms with Crippen molar-refractivity contribution in [2.24, 2.45) is 5.73 Å². The Balaban J connectivity index is 2.08. The number of anilines is 1. The van der Waals surface area contributed by atoms with Gasteiger partial charge in [0.2, 0.25) is 11.8 Å². The number of nitrogens with zero attached hydrogens (tertiary/aromatic N) is 1. The van der Waals surface area contributed by atoms with Gasteiger partial charge in [0.05, 0.1) is 12.2 Å².